The molecule has 36 heavy (non-hydrogen) atoms. The zero-order valence-electron chi connectivity index (χ0n) is 21.2. The van der Waals surface area contributed by atoms with Crippen molar-refractivity contribution < 1.29 is 19.1 Å². The number of fused-ring (bicyclic) bond motifs is 1. The lowest BCUT2D eigenvalue weighted by molar-refractivity contribution is 0.0526. The molecule has 0 aromatic carbocycles. The van der Waals surface area contributed by atoms with E-state index in [9.17, 15) is 9.59 Å². The molecule has 0 unspecified atom stereocenters. The highest BCUT2D eigenvalue weighted by molar-refractivity contribution is 5.82. The minimum atomic E-state index is -0.617. The first kappa shape index (κ1) is 24.7. The van der Waals surface area contributed by atoms with Gasteiger partial charge in [-0.3, -0.25) is 4.57 Å². The number of pyridine rings is 2. The quantitative estimate of drug-likeness (QED) is 0.314. The summed E-state index contributed by atoms with van der Waals surface area (Å²) < 4.78 is 13.7. The van der Waals surface area contributed by atoms with E-state index in [1.54, 1.807) is 42.7 Å². The maximum atomic E-state index is 12.6. The largest absolute Gasteiger partial charge is 0.443 e. The van der Waals surface area contributed by atoms with Crippen molar-refractivity contribution in [1.82, 2.24) is 19.1 Å². The SMILES string of the molecule is CC(C)(C)OC(=O)n1cccc1C#Cc1ccc2ccc(-c3cccn3C(=O)OC(C)(C)C)nc2n1. The van der Waals surface area contributed by atoms with Crippen LogP contribution in [0.5, 0.6) is 0 Å². The summed E-state index contributed by atoms with van der Waals surface area (Å²) in [4.78, 5) is 34.3. The van der Waals surface area contributed by atoms with Crippen LogP contribution in [-0.2, 0) is 9.47 Å². The van der Waals surface area contributed by atoms with Gasteiger partial charge in [0.2, 0.25) is 0 Å². The van der Waals surface area contributed by atoms with E-state index in [1.807, 2.05) is 59.7 Å². The molecule has 0 saturated heterocycles. The molecule has 0 amide bonds. The van der Waals surface area contributed by atoms with Crippen LogP contribution in [0.3, 0.4) is 0 Å². The average molecular weight is 485 g/mol. The van der Waals surface area contributed by atoms with Crippen molar-refractivity contribution in [3.8, 4) is 23.2 Å². The summed E-state index contributed by atoms with van der Waals surface area (Å²) in [6.45, 7) is 10.9. The number of carbonyl (C=O) groups is 2. The molecule has 0 aliphatic rings. The molecule has 0 spiro atoms. The van der Waals surface area contributed by atoms with Gasteiger partial charge in [0.1, 0.15) is 22.6 Å². The number of aromatic nitrogens is 4. The fourth-order valence-corrected chi connectivity index (χ4v) is 3.35. The molecule has 184 valence electrons. The molecule has 0 bridgehead atoms. The molecule has 0 atom stereocenters. The smallest absolute Gasteiger partial charge is 0.419 e. The molecule has 0 aliphatic heterocycles. The summed E-state index contributed by atoms with van der Waals surface area (Å²) in [5, 5.41) is 0.830. The topological polar surface area (TPSA) is 88.2 Å². The van der Waals surface area contributed by atoms with E-state index in [2.05, 4.69) is 21.8 Å². The number of carbonyl (C=O) groups excluding carboxylic acids is 2. The number of hydrogen-bond acceptors (Lipinski definition) is 6. The maximum Gasteiger partial charge on any atom is 0.419 e. The van der Waals surface area contributed by atoms with Gasteiger partial charge in [0, 0.05) is 17.8 Å². The Morgan fingerprint density at radius 3 is 2.06 bits per heavy atom. The molecule has 8 nitrogen and oxygen atoms in total. The van der Waals surface area contributed by atoms with Crippen LogP contribution in [0, 0.1) is 11.8 Å². The molecule has 0 fully saturated rings. The standard InChI is InChI=1S/C28H28N4O4/c1-27(2,3)35-25(33)31-17-7-9-21(31)15-14-20-13-11-19-12-16-22(30-24(19)29-20)23-10-8-18-32(23)26(34)36-28(4,5)6/h7-13,16-18H,1-6H3. The van der Waals surface area contributed by atoms with Gasteiger partial charge in [-0.1, -0.05) is 0 Å². The molecule has 4 aromatic rings. The predicted molar refractivity (Wildman–Crippen MR) is 137 cm³/mol. The van der Waals surface area contributed by atoms with Gasteiger partial charge in [-0.15, -0.1) is 0 Å². The van der Waals surface area contributed by atoms with E-state index in [1.165, 1.54) is 9.13 Å². The predicted octanol–water partition coefficient (Wildman–Crippen LogP) is 5.87. The summed E-state index contributed by atoms with van der Waals surface area (Å²) in [5.41, 5.74) is 1.41. The number of hydrogen-bond donors (Lipinski definition) is 0. The molecule has 0 saturated carbocycles. The Bertz CT molecular complexity index is 1500. The minimum Gasteiger partial charge on any atom is -0.443 e. The summed E-state index contributed by atoms with van der Waals surface area (Å²) in [6.07, 6.45) is 2.27. The summed E-state index contributed by atoms with van der Waals surface area (Å²) >= 11 is 0. The van der Waals surface area contributed by atoms with E-state index < -0.39 is 23.4 Å². The van der Waals surface area contributed by atoms with Crippen molar-refractivity contribution in [2.75, 3.05) is 0 Å². The van der Waals surface area contributed by atoms with Crippen molar-refractivity contribution >= 4 is 23.2 Å². The van der Waals surface area contributed by atoms with E-state index in [0.717, 1.165) is 5.39 Å². The van der Waals surface area contributed by atoms with Gasteiger partial charge in [-0.2, -0.15) is 0 Å². The Balaban J connectivity index is 1.63. The summed E-state index contributed by atoms with van der Waals surface area (Å²) in [7, 11) is 0. The van der Waals surface area contributed by atoms with E-state index in [4.69, 9.17) is 9.47 Å². The molecule has 4 rings (SSSR count). The first-order chi connectivity index (χ1) is 16.9. The highest BCUT2D eigenvalue weighted by Gasteiger charge is 2.21. The monoisotopic (exact) mass is 484 g/mol. The van der Waals surface area contributed by atoms with Crippen LogP contribution >= 0.6 is 0 Å². The van der Waals surface area contributed by atoms with Crippen LogP contribution < -0.4 is 0 Å². The van der Waals surface area contributed by atoms with Crippen molar-refractivity contribution in [3.05, 3.63) is 72.3 Å². The molecule has 8 heteroatoms. The Morgan fingerprint density at radius 1 is 0.750 bits per heavy atom. The molecule has 4 aromatic heterocycles. The number of rotatable bonds is 1. The summed E-state index contributed by atoms with van der Waals surface area (Å²) in [6, 6.07) is 14.4. The second kappa shape index (κ2) is 9.34. The van der Waals surface area contributed by atoms with Crippen LogP contribution in [0.4, 0.5) is 9.59 Å². The maximum absolute atomic E-state index is 12.6. The van der Waals surface area contributed by atoms with Crippen LogP contribution in [-0.4, -0.2) is 42.5 Å². The van der Waals surface area contributed by atoms with Gasteiger partial charge >= 0.3 is 12.2 Å². The number of ether oxygens (including phenoxy) is 2. The molecular weight excluding hydrogens is 456 g/mol. The molecule has 0 aliphatic carbocycles. The van der Waals surface area contributed by atoms with E-state index in [-0.39, 0.29) is 0 Å². The Hall–Kier alpha value is -4.38. The average Bonchev–Trinajstić information content (AvgIpc) is 3.44. The second-order valence-electron chi connectivity index (χ2n) is 10.2. The van der Waals surface area contributed by atoms with E-state index in [0.29, 0.717) is 28.4 Å². The normalized spacial score (nSPS) is 11.6. The lowest BCUT2D eigenvalue weighted by Crippen LogP contribution is -2.27. The van der Waals surface area contributed by atoms with Gasteiger partial charge < -0.3 is 9.47 Å². The third-order valence-electron chi connectivity index (χ3n) is 4.81. The van der Waals surface area contributed by atoms with Gasteiger partial charge in [0.05, 0.1) is 11.4 Å². The number of nitrogens with zero attached hydrogens (tertiary/aromatic N) is 4. The van der Waals surface area contributed by atoms with Crippen molar-refractivity contribution in [2.24, 2.45) is 0 Å². The fourth-order valence-electron chi connectivity index (χ4n) is 3.35. The second-order valence-corrected chi connectivity index (χ2v) is 10.2. The van der Waals surface area contributed by atoms with Gasteiger partial charge in [0.15, 0.2) is 5.65 Å². The zero-order valence-corrected chi connectivity index (χ0v) is 21.2. The van der Waals surface area contributed by atoms with Crippen LogP contribution in [0.2, 0.25) is 0 Å². The Kier molecular flexibility index (Phi) is 6.42. The van der Waals surface area contributed by atoms with Crippen molar-refractivity contribution in [2.45, 2.75) is 52.7 Å². The molecule has 0 N–H and O–H groups in total. The Labute approximate surface area is 209 Å². The van der Waals surface area contributed by atoms with Crippen LogP contribution in [0.1, 0.15) is 52.9 Å². The van der Waals surface area contributed by atoms with Crippen LogP contribution in [0.15, 0.2) is 60.9 Å². The van der Waals surface area contributed by atoms with Crippen LogP contribution in [0.25, 0.3) is 22.4 Å². The van der Waals surface area contributed by atoms with Gasteiger partial charge in [0.25, 0.3) is 0 Å². The highest BCUT2D eigenvalue weighted by Crippen LogP contribution is 2.22. The first-order valence-corrected chi connectivity index (χ1v) is 11.5. The van der Waals surface area contributed by atoms with Gasteiger partial charge in [-0.25, -0.2) is 24.1 Å². The third-order valence-corrected chi connectivity index (χ3v) is 4.81. The first-order valence-electron chi connectivity index (χ1n) is 11.5. The fraction of sp³-hybridized carbons (Fsp3) is 0.286. The lowest BCUT2D eigenvalue weighted by atomic mass is 10.2. The van der Waals surface area contributed by atoms with Crippen molar-refractivity contribution in [1.29, 1.82) is 0 Å². The van der Waals surface area contributed by atoms with Gasteiger partial charge in [-0.05, 0) is 102 Å². The minimum absolute atomic E-state index is 0.482. The van der Waals surface area contributed by atoms with E-state index >= 15 is 0 Å². The lowest BCUT2D eigenvalue weighted by Gasteiger charge is -2.20. The zero-order chi connectivity index (χ0) is 26.1. The highest BCUT2D eigenvalue weighted by atomic mass is 16.6. The molecular formula is C28H28N4O4. The summed E-state index contributed by atoms with van der Waals surface area (Å²) in [5.74, 6) is 5.98. The Morgan fingerprint density at radius 2 is 1.36 bits per heavy atom. The third kappa shape index (κ3) is 5.81. The molecule has 4 heterocycles. The van der Waals surface area contributed by atoms with Crippen molar-refractivity contribution in [3.63, 3.8) is 0 Å². The molecule has 0 radical (unpaired) electrons.